The minimum absolute atomic E-state index is 0.0579. The van der Waals surface area contributed by atoms with E-state index in [0.29, 0.717) is 30.3 Å². The van der Waals surface area contributed by atoms with Crippen LogP contribution in [0.25, 0.3) is 0 Å². The van der Waals surface area contributed by atoms with Crippen LogP contribution in [0.4, 0.5) is 0 Å². The zero-order valence-corrected chi connectivity index (χ0v) is 28.0. The first kappa shape index (κ1) is 36.7. The molecule has 0 aromatic heterocycles. The molecule has 4 atom stereocenters. The van der Waals surface area contributed by atoms with Crippen molar-refractivity contribution in [1.29, 1.82) is 0 Å². The molecule has 3 aromatic rings. The Morgan fingerprint density at radius 1 is 0.627 bits per heavy atom. The Bertz CT molecular complexity index is 1680. The minimum atomic E-state index is -0.723. The summed E-state index contributed by atoms with van der Waals surface area (Å²) in [5, 5.41) is 0. The van der Waals surface area contributed by atoms with Gasteiger partial charge in [-0.1, -0.05) is 6.58 Å². The first-order valence-electron chi connectivity index (χ1n) is 16.5. The van der Waals surface area contributed by atoms with Crippen molar-refractivity contribution >= 4 is 29.8 Å². The van der Waals surface area contributed by atoms with Crippen LogP contribution in [0.5, 0.6) is 17.2 Å². The molecule has 3 aromatic carbocycles. The smallest absolute Gasteiger partial charge is 0.343 e. The Hall–Kier alpha value is -5.53. The molecule has 0 radical (unpaired) electrons. The van der Waals surface area contributed by atoms with Crippen LogP contribution >= 0.6 is 0 Å². The SMILES string of the molecule is C=CC(=O)OCCCCCCOc1ccc(C(=O)Oc2ccc(C(=O)O[C@H]3COC4C3OC[C@H]4OC(=O)c3ccc(OC(C)=O)cc3)cc2)cc1. The highest BCUT2D eigenvalue weighted by Crippen LogP contribution is 2.32. The van der Waals surface area contributed by atoms with Crippen LogP contribution in [-0.4, -0.2) is 80.7 Å². The number of carbonyl (C=O) groups excluding carboxylic acids is 5. The summed E-state index contributed by atoms with van der Waals surface area (Å²) in [7, 11) is 0. The molecule has 2 saturated heterocycles. The Labute approximate surface area is 294 Å². The first-order chi connectivity index (χ1) is 24.7. The maximum absolute atomic E-state index is 12.9. The largest absolute Gasteiger partial charge is 0.494 e. The second kappa shape index (κ2) is 17.9. The lowest BCUT2D eigenvalue weighted by atomic mass is 10.1. The maximum Gasteiger partial charge on any atom is 0.343 e. The summed E-state index contributed by atoms with van der Waals surface area (Å²) in [6.45, 7) is 5.65. The van der Waals surface area contributed by atoms with Gasteiger partial charge in [0.2, 0.25) is 0 Å². The normalized spacial score (nSPS) is 18.9. The minimum Gasteiger partial charge on any atom is -0.494 e. The first-order valence-corrected chi connectivity index (χ1v) is 16.5. The molecule has 268 valence electrons. The third-order valence-corrected chi connectivity index (χ3v) is 7.94. The summed E-state index contributed by atoms with van der Waals surface area (Å²) in [6.07, 6.45) is 1.92. The van der Waals surface area contributed by atoms with E-state index in [4.69, 9.17) is 37.9 Å². The van der Waals surface area contributed by atoms with Crippen molar-refractivity contribution in [3.05, 3.63) is 102 Å². The van der Waals surface area contributed by atoms with Crippen LogP contribution in [0.15, 0.2) is 85.5 Å². The molecule has 2 aliphatic rings. The average Bonchev–Trinajstić information content (AvgIpc) is 3.72. The van der Waals surface area contributed by atoms with Gasteiger partial charge in [0.15, 0.2) is 12.2 Å². The highest BCUT2D eigenvalue weighted by Gasteiger charge is 2.51. The topological polar surface area (TPSA) is 159 Å². The number of hydrogen-bond donors (Lipinski definition) is 0. The van der Waals surface area contributed by atoms with E-state index in [-0.39, 0.29) is 30.1 Å². The van der Waals surface area contributed by atoms with Gasteiger partial charge in [0.1, 0.15) is 29.5 Å². The number of fused-ring (bicyclic) bond motifs is 1. The van der Waals surface area contributed by atoms with E-state index < -0.39 is 54.3 Å². The fourth-order valence-electron chi connectivity index (χ4n) is 5.36. The van der Waals surface area contributed by atoms with E-state index >= 15 is 0 Å². The van der Waals surface area contributed by atoms with Gasteiger partial charge in [-0.15, -0.1) is 0 Å². The van der Waals surface area contributed by atoms with Crippen LogP contribution in [0.1, 0.15) is 63.7 Å². The second-order valence-electron chi connectivity index (χ2n) is 11.7. The molecule has 51 heavy (non-hydrogen) atoms. The fourth-order valence-corrected chi connectivity index (χ4v) is 5.36. The van der Waals surface area contributed by atoms with Gasteiger partial charge in [-0.05, 0) is 98.5 Å². The highest BCUT2D eigenvalue weighted by atomic mass is 16.7. The summed E-state index contributed by atoms with van der Waals surface area (Å²) in [5.41, 5.74) is 0.817. The van der Waals surface area contributed by atoms with Gasteiger partial charge in [0, 0.05) is 13.0 Å². The van der Waals surface area contributed by atoms with Crippen molar-refractivity contribution in [3.63, 3.8) is 0 Å². The van der Waals surface area contributed by atoms with Crippen LogP contribution < -0.4 is 14.2 Å². The van der Waals surface area contributed by atoms with Crippen LogP contribution in [0, 0.1) is 0 Å². The molecular formula is C38H38O13. The third kappa shape index (κ3) is 10.5. The number of benzene rings is 3. The van der Waals surface area contributed by atoms with Gasteiger partial charge in [-0.3, -0.25) is 4.79 Å². The molecule has 5 rings (SSSR count). The lowest BCUT2D eigenvalue weighted by Gasteiger charge is -2.17. The molecule has 0 N–H and O–H groups in total. The van der Waals surface area contributed by atoms with E-state index in [0.717, 1.165) is 31.8 Å². The number of rotatable bonds is 16. The van der Waals surface area contributed by atoms with Gasteiger partial charge < -0.3 is 37.9 Å². The highest BCUT2D eigenvalue weighted by molar-refractivity contribution is 5.92. The number of unbranched alkanes of at least 4 members (excludes halogenated alkanes) is 3. The lowest BCUT2D eigenvalue weighted by Crippen LogP contribution is -2.36. The van der Waals surface area contributed by atoms with Crippen LogP contribution in [-0.2, 0) is 33.3 Å². The molecule has 0 spiro atoms. The van der Waals surface area contributed by atoms with Crippen molar-refractivity contribution in [1.82, 2.24) is 0 Å². The molecule has 13 nitrogen and oxygen atoms in total. The fraction of sp³-hybridized carbons (Fsp3) is 0.342. The number of carbonyl (C=O) groups is 5. The molecule has 0 saturated carbocycles. The molecule has 2 aliphatic heterocycles. The predicted octanol–water partition coefficient (Wildman–Crippen LogP) is 5.05. The number of hydrogen-bond acceptors (Lipinski definition) is 13. The van der Waals surface area contributed by atoms with Crippen molar-refractivity contribution in [2.75, 3.05) is 26.4 Å². The molecule has 13 heteroatoms. The van der Waals surface area contributed by atoms with Gasteiger partial charge in [-0.25, -0.2) is 19.2 Å². The predicted molar refractivity (Wildman–Crippen MR) is 179 cm³/mol. The summed E-state index contributed by atoms with van der Waals surface area (Å²) in [6, 6.07) is 18.5. The second-order valence-corrected chi connectivity index (χ2v) is 11.7. The van der Waals surface area contributed by atoms with Crippen LogP contribution in [0.3, 0.4) is 0 Å². The Kier molecular flexibility index (Phi) is 12.9. The van der Waals surface area contributed by atoms with Gasteiger partial charge in [0.25, 0.3) is 0 Å². The standard InChI is InChI=1S/C38H38O13/c1-3-33(40)45-21-7-5-4-6-20-44-28-14-8-25(9-15-28)36(41)49-30-18-12-27(13-19-30)38(43)51-32-23-47-34-31(22-46-35(32)34)50-37(42)26-10-16-29(17-11-26)48-24(2)39/h3,8-19,31-32,34-35H,1,4-7,20-23H2,2H3/t31-,32+,34?,35?/m1/s1. The average molecular weight is 703 g/mol. The van der Waals surface area contributed by atoms with Gasteiger partial charge >= 0.3 is 29.8 Å². The molecule has 2 heterocycles. The third-order valence-electron chi connectivity index (χ3n) is 7.94. The van der Waals surface area contributed by atoms with E-state index in [1.807, 2.05) is 0 Å². The zero-order chi connectivity index (χ0) is 36.2. The molecule has 2 unspecified atom stereocenters. The lowest BCUT2D eigenvalue weighted by molar-refractivity contribution is -0.138. The number of esters is 5. The van der Waals surface area contributed by atoms with Crippen LogP contribution in [0.2, 0.25) is 0 Å². The quantitative estimate of drug-likeness (QED) is 0.0643. The van der Waals surface area contributed by atoms with E-state index in [1.165, 1.54) is 55.5 Å². The Balaban J connectivity index is 1.02. The summed E-state index contributed by atoms with van der Waals surface area (Å²) in [5.74, 6) is -1.52. The Morgan fingerprint density at radius 2 is 1.08 bits per heavy atom. The van der Waals surface area contributed by atoms with Crippen molar-refractivity contribution in [3.8, 4) is 17.2 Å². The van der Waals surface area contributed by atoms with E-state index in [9.17, 15) is 24.0 Å². The van der Waals surface area contributed by atoms with Crippen molar-refractivity contribution in [2.24, 2.45) is 0 Å². The van der Waals surface area contributed by atoms with Crippen molar-refractivity contribution < 1.29 is 61.9 Å². The van der Waals surface area contributed by atoms with E-state index in [1.54, 1.807) is 24.3 Å². The van der Waals surface area contributed by atoms with E-state index in [2.05, 4.69) is 6.58 Å². The molecule has 0 aliphatic carbocycles. The summed E-state index contributed by atoms with van der Waals surface area (Å²) >= 11 is 0. The maximum atomic E-state index is 12.9. The molecule has 0 amide bonds. The monoisotopic (exact) mass is 702 g/mol. The van der Waals surface area contributed by atoms with Gasteiger partial charge in [0.05, 0.1) is 43.1 Å². The van der Waals surface area contributed by atoms with Crippen molar-refractivity contribution in [2.45, 2.75) is 57.0 Å². The molecular weight excluding hydrogens is 664 g/mol. The molecule has 0 bridgehead atoms. The molecule has 2 fully saturated rings. The van der Waals surface area contributed by atoms with Gasteiger partial charge in [-0.2, -0.15) is 0 Å². The summed E-state index contributed by atoms with van der Waals surface area (Å²) in [4.78, 5) is 60.4. The zero-order valence-electron chi connectivity index (χ0n) is 28.0. The Morgan fingerprint density at radius 3 is 1.57 bits per heavy atom. The summed E-state index contributed by atoms with van der Waals surface area (Å²) < 4.78 is 43.9. The number of ether oxygens (including phenoxy) is 8.